The lowest BCUT2D eigenvalue weighted by Gasteiger charge is -2.23. The molecule has 4 heteroatoms. The number of carbonyl (C=O) groups is 1. The first-order valence-electron chi connectivity index (χ1n) is 6.11. The Hall–Kier alpha value is -0.610. The van der Waals surface area contributed by atoms with Crippen LogP contribution in [0.2, 0.25) is 0 Å². The Labute approximate surface area is 98.9 Å². The lowest BCUT2D eigenvalue weighted by atomic mass is 10.0. The van der Waals surface area contributed by atoms with E-state index >= 15 is 0 Å². The SMILES string of the molecule is CCOCC(NC(=O)C(C)CCN)C(C)C. The molecule has 0 heterocycles. The summed E-state index contributed by atoms with van der Waals surface area (Å²) in [5, 5.41) is 3.02. The van der Waals surface area contributed by atoms with Gasteiger partial charge in [0.05, 0.1) is 12.6 Å². The molecule has 0 fully saturated rings. The van der Waals surface area contributed by atoms with E-state index in [1.165, 1.54) is 0 Å². The topological polar surface area (TPSA) is 64.3 Å². The molecule has 0 spiro atoms. The minimum atomic E-state index is -0.0205. The lowest BCUT2D eigenvalue weighted by molar-refractivity contribution is -0.126. The number of amides is 1. The molecule has 0 saturated carbocycles. The van der Waals surface area contributed by atoms with Crippen molar-refractivity contribution in [2.45, 2.75) is 40.2 Å². The third-order valence-corrected chi connectivity index (χ3v) is 2.68. The van der Waals surface area contributed by atoms with Crippen molar-refractivity contribution in [1.82, 2.24) is 5.32 Å². The zero-order valence-electron chi connectivity index (χ0n) is 11.0. The minimum absolute atomic E-state index is 0.0205. The number of nitrogens with one attached hydrogen (secondary N) is 1. The lowest BCUT2D eigenvalue weighted by Crippen LogP contribution is -2.44. The van der Waals surface area contributed by atoms with Crippen molar-refractivity contribution < 1.29 is 9.53 Å². The van der Waals surface area contributed by atoms with E-state index in [0.717, 1.165) is 6.42 Å². The first kappa shape index (κ1) is 15.4. The summed E-state index contributed by atoms with van der Waals surface area (Å²) in [7, 11) is 0. The van der Waals surface area contributed by atoms with Gasteiger partial charge in [0.15, 0.2) is 0 Å². The van der Waals surface area contributed by atoms with Crippen LogP contribution in [0, 0.1) is 11.8 Å². The maximum atomic E-state index is 11.8. The van der Waals surface area contributed by atoms with Gasteiger partial charge in [0.2, 0.25) is 5.91 Å². The fourth-order valence-electron chi connectivity index (χ4n) is 1.35. The van der Waals surface area contributed by atoms with E-state index in [9.17, 15) is 4.79 Å². The Balaban J connectivity index is 4.11. The van der Waals surface area contributed by atoms with Gasteiger partial charge in [-0.3, -0.25) is 4.79 Å². The average molecular weight is 230 g/mol. The highest BCUT2D eigenvalue weighted by Crippen LogP contribution is 2.06. The summed E-state index contributed by atoms with van der Waals surface area (Å²) in [6, 6.07) is 0.0904. The molecular formula is C12H26N2O2. The maximum Gasteiger partial charge on any atom is 0.223 e. The number of nitrogens with two attached hydrogens (primary N) is 1. The van der Waals surface area contributed by atoms with Gasteiger partial charge in [-0.25, -0.2) is 0 Å². The summed E-state index contributed by atoms with van der Waals surface area (Å²) in [4.78, 5) is 11.8. The molecule has 4 nitrogen and oxygen atoms in total. The molecule has 3 N–H and O–H groups in total. The third kappa shape index (κ3) is 6.08. The average Bonchev–Trinajstić information content (AvgIpc) is 2.23. The highest BCUT2D eigenvalue weighted by atomic mass is 16.5. The van der Waals surface area contributed by atoms with Crippen molar-refractivity contribution in [3.8, 4) is 0 Å². The summed E-state index contributed by atoms with van der Waals surface area (Å²) < 4.78 is 5.36. The normalized spacial score (nSPS) is 14.9. The smallest absolute Gasteiger partial charge is 0.223 e. The standard InChI is InChI=1S/C12H26N2O2/c1-5-16-8-11(9(2)3)14-12(15)10(4)6-7-13/h9-11H,5-8,13H2,1-4H3,(H,14,15). The molecular weight excluding hydrogens is 204 g/mol. The van der Waals surface area contributed by atoms with Gasteiger partial charge in [0, 0.05) is 12.5 Å². The van der Waals surface area contributed by atoms with Crippen molar-refractivity contribution >= 4 is 5.91 Å². The highest BCUT2D eigenvalue weighted by molar-refractivity contribution is 5.78. The van der Waals surface area contributed by atoms with Gasteiger partial charge in [-0.15, -0.1) is 0 Å². The fourth-order valence-corrected chi connectivity index (χ4v) is 1.35. The van der Waals surface area contributed by atoms with Gasteiger partial charge >= 0.3 is 0 Å². The molecule has 0 aliphatic carbocycles. The summed E-state index contributed by atoms with van der Waals surface area (Å²) in [6.07, 6.45) is 0.727. The maximum absolute atomic E-state index is 11.8. The van der Waals surface area contributed by atoms with E-state index in [0.29, 0.717) is 25.7 Å². The molecule has 0 rings (SSSR count). The summed E-state index contributed by atoms with van der Waals surface area (Å²) in [5.74, 6) is 0.428. The van der Waals surface area contributed by atoms with Crippen LogP contribution in [-0.4, -0.2) is 31.7 Å². The molecule has 2 atom stereocenters. The molecule has 16 heavy (non-hydrogen) atoms. The minimum Gasteiger partial charge on any atom is -0.380 e. The van der Waals surface area contributed by atoms with Gasteiger partial charge in [0.1, 0.15) is 0 Å². The third-order valence-electron chi connectivity index (χ3n) is 2.68. The van der Waals surface area contributed by atoms with E-state index in [1.54, 1.807) is 0 Å². The zero-order chi connectivity index (χ0) is 12.6. The zero-order valence-corrected chi connectivity index (χ0v) is 11.0. The van der Waals surface area contributed by atoms with Crippen LogP contribution >= 0.6 is 0 Å². The van der Waals surface area contributed by atoms with E-state index in [1.807, 2.05) is 13.8 Å². The highest BCUT2D eigenvalue weighted by Gasteiger charge is 2.19. The van der Waals surface area contributed by atoms with Crippen LogP contribution in [0.15, 0.2) is 0 Å². The van der Waals surface area contributed by atoms with Gasteiger partial charge in [-0.2, -0.15) is 0 Å². The van der Waals surface area contributed by atoms with E-state index in [4.69, 9.17) is 10.5 Å². The van der Waals surface area contributed by atoms with Gasteiger partial charge in [0.25, 0.3) is 0 Å². The Kier molecular flexibility index (Phi) is 8.21. The molecule has 1 amide bonds. The van der Waals surface area contributed by atoms with Crippen molar-refractivity contribution in [3.05, 3.63) is 0 Å². The Morgan fingerprint density at radius 3 is 2.44 bits per heavy atom. The molecule has 0 aromatic carbocycles. The van der Waals surface area contributed by atoms with Crippen molar-refractivity contribution in [2.75, 3.05) is 19.8 Å². The van der Waals surface area contributed by atoms with E-state index < -0.39 is 0 Å². The second kappa shape index (κ2) is 8.53. The van der Waals surface area contributed by atoms with Crippen molar-refractivity contribution in [1.29, 1.82) is 0 Å². The van der Waals surface area contributed by atoms with Gasteiger partial charge < -0.3 is 15.8 Å². The first-order chi connectivity index (χ1) is 7.52. The quantitative estimate of drug-likeness (QED) is 0.657. The monoisotopic (exact) mass is 230 g/mol. The molecule has 0 aliphatic heterocycles. The number of hydrogen-bond donors (Lipinski definition) is 2. The predicted molar refractivity (Wildman–Crippen MR) is 66.1 cm³/mol. The molecule has 0 radical (unpaired) electrons. The molecule has 96 valence electrons. The van der Waals surface area contributed by atoms with Crippen LogP contribution in [0.5, 0.6) is 0 Å². The van der Waals surface area contributed by atoms with Crippen LogP contribution in [0.25, 0.3) is 0 Å². The fraction of sp³-hybridized carbons (Fsp3) is 0.917. The molecule has 2 unspecified atom stereocenters. The Bertz CT molecular complexity index is 195. The molecule has 0 aliphatic rings. The summed E-state index contributed by atoms with van der Waals surface area (Å²) in [6.45, 7) is 9.82. The van der Waals surface area contributed by atoms with Gasteiger partial charge in [-0.05, 0) is 25.8 Å². The first-order valence-corrected chi connectivity index (χ1v) is 6.11. The number of rotatable bonds is 8. The number of hydrogen-bond acceptors (Lipinski definition) is 3. The van der Waals surface area contributed by atoms with Crippen LogP contribution < -0.4 is 11.1 Å². The Morgan fingerprint density at radius 2 is 2.00 bits per heavy atom. The molecule has 0 saturated heterocycles. The predicted octanol–water partition coefficient (Wildman–Crippen LogP) is 1.15. The largest absolute Gasteiger partial charge is 0.380 e. The number of ether oxygens (including phenoxy) is 1. The van der Waals surface area contributed by atoms with E-state index in [-0.39, 0.29) is 17.9 Å². The van der Waals surface area contributed by atoms with Crippen LogP contribution in [-0.2, 0) is 9.53 Å². The van der Waals surface area contributed by atoms with Crippen molar-refractivity contribution in [2.24, 2.45) is 17.6 Å². The molecule has 0 aromatic rings. The Morgan fingerprint density at radius 1 is 1.38 bits per heavy atom. The van der Waals surface area contributed by atoms with Gasteiger partial charge in [-0.1, -0.05) is 20.8 Å². The van der Waals surface area contributed by atoms with E-state index in [2.05, 4.69) is 19.2 Å². The molecule has 0 bridgehead atoms. The van der Waals surface area contributed by atoms with Crippen LogP contribution in [0.3, 0.4) is 0 Å². The summed E-state index contributed by atoms with van der Waals surface area (Å²) in [5.41, 5.74) is 5.43. The second-order valence-corrected chi connectivity index (χ2v) is 4.50. The second-order valence-electron chi connectivity index (χ2n) is 4.50. The molecule has 0 aromatic heterocycles. The van der Waals surface area contributed by atoms with Crippen LogP contribution in [0.4, 0.5) is 0 Å². The van der Waals surface area contributed by atoms with Crippen molar-refractivity contribution in [3.63, 3.8) is 0 Å². The number of carbonyl (C=O) groups excluding carboxylic acids is 1. The summed E-state index contributed by atoms with van der Waals surface area (Å²) >= 11 is 0. The van der Waals surface area contributed by atoms with Crippen LogP contribution in [0.1, 0.15) is 34.1 Å².